The Morgan fingerprint density at radius 1 is 1.56 bits per heavy atom. The minimum atomic E-state index is -4.29. The smallest absolute Gasteiger partial charge is 0.344 e. The Bertz CT molecular complexity index is 130. The van der Waals surface area contributed by atoms with Crippen molar-refractivity contribution >= 4 is 7.60 Å². The lowest BCUT2D eigenvalue weighted by Crippen LogP contribution is -2.31. The monoisotopic (exact) mass is 155 g/mol. The Hall–Kier alpha value is 0.0700. The van der Waals surface area contributed by atoms with E-state index in [2.05, 4.69) is 0 Å². The highest BCUT2D eigenvalue weighted by Crippen LogP contribution is 2.39. The number of hydrogen-bond donors (Lipinski definition) is 4. The average Bonchev–Trinajstić information content (AvgIpc) is 1.62. The lowest BCUT2D eigenvalue weighted by atomic mass is 10.4. The van der Waals surface area contributed by atoms with E-state index in [0.29, 0.717) is 0 Å². The summed E-state index contributed by atoms with van der Waals surface area (Å²) in [5.74, 6) is -1.46. The fraction of sp³-hybridized carbons (Fsp3) is 1.00. The molecular weight excluding hydrogens is 145 g/mol. The zero-order chi connectivity index (χ0) is 7.65. The van der Waals surface area contributed by atoms with Crippen LogP contribution in [0.2, 0.25) is 0 Å². The molecule has 5 N–H and O–H groups in total. The summed E-state index contributed by atoms with van der Waals surface area (Å²) in [6.45, 7) is 1.23. The summed E-state index contributed by atoms with van der Waals surface area (Å²) >= 11 is 0. The molecule has 0 saturated heterocycles. The Morgan fingerprint density at radius 2 is 1.89 bits per heavy atom. The number of hydrogen-bond acceptors (Lipinski definition) is 3. The van der Waals surface area contributed by atoms with Gasteiger partial charge >= 0.3 is 7.60 Å². The molecule has 5 nitrogen and oxygen atoms in total. The SMILES string of the molecule is C[C@H](O)[C@H](N)P(=O)(O)O. The number of rotatable bonds is 2. The Kier molecular flexibility index (Phi) is 2.79. The molecule has 0 heterocycles. The highest BCUT2D eigenvalue weighted by atomic mass is 31.2. The summed E-state index contributed by atoms with van der Waals surface area (Å²) in [6.07, 6.45) is -1.18. The van der Waals surface area contributed by atoms with E-state index < -0.39 is 19.5 Å². The summed E-state index contributed by atoms with van der Waals surface area (Å²) in [7, 11) is -4.29. The van der Waals surface area contributed by atoms with Crippen LogP contribution in [0.1, 0.15) is 6.92 Å². The fourth-order valence-corrected chi connectivity index (χ4v) is 0.843. The average molecular weight is 155 g/mol. The molecule has 0 saturated carbocycles. The van der Waals surface area contributed by atoms with E-state index >= 15 is 0 Å². The van der Waals surface area contributed by atoms with Crippen molar-refractivity contribution in [3.63, 3.8) is 0 Å². The zero-order valence-electron chi connectivity index (χ0n) is 4.93. The van der Waals surface area contributed by atoms with Crippen molar-refractivity contribution in [2.75, 3.05) is 0 Å². The minimum absolute atomic E-state index is 1.18. The molecule has 0 rings (SSSR count). The van der Waals surface area contributed by atoms with E-state index in [1.807, 2.05) is 0 Å². The molecule has 0 aromatic rings. The standard InChI is InChI=1S/C3H10NO4P/c1-2(5)3(4)9(6,7)8/h2-3,5H,4H2,1H3,(H2,6,7,8)/t2-,3+/m0/s1. The van der Waals surface area contributed by atoms with E-state index in [0.717, 1.165) is 0 Å². The molecule has 56 valence electrons. The Morgan fingerprint density at radius 3 is 1.89 bits per heavy atom. The molecular formula is C3H10NO4P. The molecule has 0 aliphatic rings. The first kappa shape index (κ1) is 9.07. The van der Waals surface area contributed by atoms with Gasteiger partial charge in [0, 0.05) is 0 Å². The quantitative estimate of drug-likeness (QED) is 0.376. The Balaban J connectivity index is 4.05. The predicted octanol–water partition coefficient (Wildman–Crippen LogP) is -1.17. The second kappa shape index (κ2) is 2.77. The van der Waals surface area contributed by atoms with Gasteiger partial charge in [-0.05, 0) is 6.92 Å². The Labute approximate surface area is 52.7 Å². The predicted molar refractivity (Wildman–Crippen MR) is 31.7 cm³/mol. The first-order valence-electron chi connectivity index (χ1n) is 2.34. The highest BCUT2D eigenvalue weighted by Gasteiger charge is 2.28. The number of nitrogens with two attached hydrogens (primary N) is 1. The van der Waals surface area contributed by atoms with E-state index in [1.54, 1.807) is 0 Å². The van der Waals surface area contributed by atoms with Crippen molar-refractivity contribution < 1.29 is 19.5 Å². The lowest BCUT2D eigenvalue weighted by Gasteiger charge is -2.14. The molecule has 0 unspecified atom stereocenters. The molecule has 0 aliphatic carbocycles. The molecule has 0 aromatic carbocycles. The minimum Gasteiger partial charge on any atom is -0.391 e. The van der Waals surface area contributed by atoms with E-state index in [4.69, 9.17) is 20.6 Å². The van der Waals surface area contributed by atoms with Crippen LogP contribution in [0.4, 0.5) is 0 Å². The summed E-state index contributed by atoms with van der Waals surface area (Å²) in [5, 5.41) is 8.54. The highest BCUT2D eigenvalue weighted by molar-refractivity contribution is 7.52. The van der Waals surface area contributed by atoms with Crippen LogP contribution < -0.4 is 5.73 Å². The van der Waals surface area contributed by atoms with Crippen LogP contribution in [0.15, 0.2) is 0 Å². The van der Waals surface area contributed by atoms with Crippen LogP contribution in [0.3, 0.4) is 0 Å². The zero-order valence-corrected chi connectivity index (χ0v) is 5.82. The molecule has 0 spiro atoms. The first-order valence-corrected chi connectivity index (χ1v) is 4.02. The molecule has 0 aliphatic heterocycles. The van der Waals surface area contributed by atoms with Gasteiger partial charge < -0.3 is 20.6 Å². The molecule has 2 atom stereocenters. The van der Waals surface area contributed by atoms with Crippen molar-refractivity contribution in [1.82, 2.24) is 0 Å². The van der Waals surface area contributed by atoms with Gasteiger partial charge in [0.05, 0.1) is 6.10 Å². The maximum atomic E-state index is 10.2. The van der Waals surface area contributed by atoms with Gasteiger partial charge in [-0.3, -0.25) is 4.57 Å². The topological polar surface area (TPSA) is 104 Å². The van der Waals surface area contributed by atoms with Crippen LogP contribution in [0.25, 0.3) is 0 Å². The van der Waals surface area contributed by atoms with Crippen LogP contribution in [-0.4, -0.2) is 26.8 Å². The van der Waals surface area contributed by atoms with Gasteiger partial charge in [0.2, 0.25) is 0 Å². The third-order valence-electron chi connectivity index (χ3n) is 0.883. The fourth-order valence-electron chi connectivity index (χ4n) is 0.281. The summed E-state index contributed by atoms with van der Waals surface area (Å²) < 4.78 is 10.2. The van der Waals surface area contributed by atoms with Crippen molar-refractivity contribution in [2.24, 2.45) is 5.73 Å². The van der Waals surface area contributed by atoms with E-state index in [1.165, 1.54) is 6.92 Å². The van der Waals surface area contributed by atoms with Gasteiger partial charge in [0.15, 0.2) is 0 Å². The van der Waals surface area contributed by atoms with E-state index in [-0.39, 0.29) is 0 Å². The maximum Gasteiger partial charge on any atom is 0.344 e. The van der Waals surface area contributed by atoms with Gasteiger partial charge in [-0.15, -0.1) is 0 Å². The summed E-state index contributed by atoms with van der Waals surface area (Å²) in [4.78, 5) is 16.6. The van der Waals surface area contributed by atoms with Crippen molar-refractivity contribution in [3.05, 3.63) is 0 Å². The molecule has 0 radical (unpaired) electrons. The molecule has 0 aromatic heterocycles. The molecule has 0 fully saturated rings. The molecule has 0 bridgehead atoms. The van der Waals surface area contributed by atoms with Gasteiger partial charge in [-0.1, -0.05) is 0 Å². The van der Waals surface area contributed by atoms with Gasteiger partial charge in [-0.25, -0.2) is 0 Å². The van der Waals surface area contributed by atoms with Crippen molar-refractivity contribution in [2.45, 2.75) is 18.8 Å². The van der Waals surface area contributed by atoms with Crippen LogP contribution >= 0.6 is 7.60 Å². The van der Waals surface area contributed by atoms with Gasteiger partial charge in [-0.2, -0.15) is 0 Å². The second-order valence-electron chi connectivity index (χ2n) is 1.82. The number of aliphatic hydroxyl groups excluding tert-OH is 1. The first-order chi connectivity index (χ1) is 3.85. The lowest BCUT2D eigenvalue weighted by molar-refractivity contribution is 0.176. The third-order valence-corrected chi connectivity index (χ3v) is 2.09. The van der Waals surface area contributed by atoms with E-state index in [9.17, 15) is 4.57 Å². The number of aliphatic hydroxyl groups is 1. The van der Waals surface area contributed by atoms with Gasteiger partial charge in [0.1, 0.15) is 5.78 Å². The largest absolute Gasteiger partial charge is 0.391 e. The molecule has 9 heavy (non-hydrogen) atoms. The van der Waals surface area contributed by atoms with Crippen molar-refractivity contribution in [1.29, 1.82) is 0 Å². The van der Waals surface area contributed by atoms with Gasteiger partial charge in [0.25, 0.3) is 0 Å². The normalized spacial score (nSPS) is 19.2. The molecule has 0 amide bonds. The summed E-state index contributed by atoms with van der Waals surface area (Å²) in [5.41, 5.74) is 4.88. The van der Waals surface area contributed by atoms with Crippen LogP contribution in [0.5, 0.6) is 0 Å². The maximum absolute atomic E-state index is 10.2. The second-order valence-corrected chi connectivity index (χ2v) is 3.59. The summed E-state index contributed by atoms with van der Waals surface area (Å²) in [6, 6.07) is 0. The van der Waals surface area contributed by atoms with Crippen LogP contribution in [0, 0.1) is 0 Å². The third kappa shape index (κ3) is 2.93. The van der Waals surface area contributed by atoms with Crippen molar-refractivity contribution in [3.8, 4) is 0 Å². The van der Waals surface area contributed by atoms with Crippen LogP contribution in [-0.2, 0) is 4.57 Å². The molecule has 6 heteroatoms.